The minimum Gasteiger partial charge on any atom is -0.339 e. The Morgan fingerprint density at radius 1 is 1.13 bits per heavy atom. The van der Waals surface area contributed by atoms with Crippen LogP contribution in [0, 0.1) is 19.8 Å². The molecular formula is C23H30N6O2. The zero-order valence-electron chi connectivity index (χ0n) is 18.7. The largest absolute Gasteiger partial charge is 0.339 e. The second kappa shape index (κ2) is 9.59. The fraction of sp³-hybridized carbons (Fsp3) is 0.391. The number of aryl methyl sites for hydroxylation is 3. The quantitative estimate of drug-likeness (QED) is 0.515. The first kappa shape index (κ1) is 22.3. The number of carbonyl (C=O) groups is 2. The Bertz CT molecular complexity index is 1030. The van der Waals surface area contributed by atoms with Crippen LogP contribution in [0.4, 0.5) is 5.69 Å². The van der Waals surface area contributed by atoms with Gasteiger partial charge in [-0.1, -0.05) is 32.4 Å². The van der Waals surface area contributed by atoms with Gasteiger partial charge in [0.1, 0.15) is 11.7 Å². The van der Waals surface area contributed by atoms with Gasteiger partial charge in [-0.2, -0.15) is 10.2 Å². The first-order valence-electron chi connectivity index (χ1n) is 10.6. The smallest absolute Gasteiger partial charge is 0.270 e. The van der Waals surface area contributed by atoms with Crippen molar-refractivity contribution >= 4 is 17.5 Å². The minimum atomic E-state index is -0.657. The van der Waals surface area contributed by atoms with E-state index in [0.29, 0.717) is 17.9 Å². The summed E-state index contributed by atoms with van der Waals surface area (Å²) >= 11 is 0. The molecule has 2 atom stereocenters. The number of hydrogen-bond acceptors (Lipinski definition) is 4. The number of amides is 2. The number of H-pyrrole nitrogens is 1. The molecular weight excluding hydrogens is 392 g/mol. The SMILES string of the molecule is CC[C@H](C)[C@H](NC(=O)c1ccnn1CC)C(=O)Nc1ccc(-c2c(C)n[nH]c2C)cc1. The molecule has 3 N–H and O–H groups in total. The molecule has 3 aromatic rings. The summed E-state index contributed by atoms with van der Waals surface area (Å²) < 4.78 is 1.61. The van der Waals surface area contributed by atoms with Gasteiger partial charge in [0.15, 0.2) is 0 Å². The number of rotatable bonds is 8. The Labute approximate surface area is 182 Å². The molecule has 31 heavy (non-hydrogen) atoms. The lowest BCUT2D eigenvalue weighted by Crippen LogP contribution is -2.48. The van der Waals surface area contributed by atoms with Crippen molar-refractivity contribution < 1.29 is 9.59 Å². The molecule has 0 saturated carbocycles. The van der Waals surface area contributed by atoms with Crippen molar-refractivity contribution in [3.8, 4) is 11.1 Å². The van der Waals surface area contributed by atoms with Crippen LogP contribution in [0.1, 0.15) is 49.1 Å². The molecule has 0 fully saturated rings. The van der Waals surface area contributed by atoms with Crippen molar-refractivity contribution in [1.29, 1.82) is 0 Å². The summed E-state index contributed by atoms with van der Waals surface area (Å²) in [6.45, 7) is 10.4. The number of nitrogens with one attached hydrogen (secondary N) is 3. The lowest BCUT2D eigenvalue weighted by atomic mass is 9.98. The highest BCUT2D eigenvalue weighted by Crippen LogP contribution is 2.26. The van der Waals surface area contributed by atoms with E-state index in [9.17, 15) is 9.59 Å². The summed E-state index contributed by atoms with van der Waals surface area (Å²) in [6.07, 6.45) is 2.34. The van der Waals surface area contributed by atoms with Crippen molar-refractivity contribution in [3.05, 3.63) is 53.6 Å². The van der Waals surface area contributed by atoms with Gasteiger partial charge in [-0.3, -0.25) is 19.4 Å². The average Bonchev–Trinajstić information content (AvgIpc) is 3.38. The van der Waals surface area contributed by atoms with E-state index in [0.717, 1.165) is 28.9 Å². The highest BCUT2D eigenvalue weighted by molar-refractivity contribution is 6.00. The molecule has 8 nitrogen and oxygen atoms in total. The maximum Gasteiger partial charge on any atom is 0.270 e. The number of benzene rings is 1. The third-order valence-corrected chi connectivity index (χ3v) is 5.60. The highest BCUT2D eigenvalue weighted by atomic mass is 16.2. The second-order valence-corrected chi connectivity index (χ2v) is 7.74. The number of hydrogen-bond donors (Lipinski definition) is 3. The Morgan fingerprint density at radius 2 is 1.84 bits per heavy atom. The fourth-order valence-electron chi connectivity index (χ4n) is 3.61. The Kier molecular flexibility index (Phi) is 6.89. The van der Waals surface area contributed by atoms with Gasteiger partial charge in [-0.05, 0) is 50.5 Å². The molecule has 0 aliphatic heterocycles. The molecule has 2 amide bonds. The molecule has 0 saturated heterocycles. The van der Waals surface area contributed by atoms with E-state index in [1.54, 1.807) is 16.9 Å². The summed E-state index contributed by atoms with van der Waals surface area (Å²) in [5.74, 6) is -0.577. The summed E-state index contributed by atoms with van der Waals surface area (Å²) in [4.78, 5) is 25.8. The fourth-order valence-corrected chi connectivity index (χ4v) is 3.61. The number of nitrogens with zero attached hydrogens (tertiary/aromatic N) is 3. The lowest BCUT2D eigenvalue weighted by Gasteiger charge is -2.23. The van der Waals surface area contributed by atoms with E-state index >= 15 is 0 Å². The van der Waals surface area contributed by atoms with Crippen molar-refractivity contribution in [2.45, 2.75) is 53.6 Å². The van der Waals surface area contributed by atoms with Crippen LogP contribution in [0.3, 0.4) is 0 Å². The molecule has 0 spiro atoms. The van der Waals surface area contributed by atoms with Gasteiger partial charge < -0.3 is 10.6 Å². The van der Waals surface area contributed by atoms with Gasteiger partial charge in [0.2, 0.25) is 5.91 Å². The van der Waals surface area contributed by atoms with Crippen molar-refractivity contribution in [2.24, 2.45) is 5.92 Å². The summed E-state index contributed by atoms with van der Waals surface area (Å²) in [7, 11) is 0. The molecule has 8 heteroatoms. The Hall–Kier alpha value is -3.42. The molecule has 0 bridgehead atoms. The lowest BCUT2D eigenvalue weighted by molar-refractivity contribution is -0.119. The van der Waals surface area contributed by atoms with Gasteiger partial charge >= 0.3 is 0 Å². The molecule has 1 aromatic carbocycles. The van der Waals surface area contributed by atoms with Crippen LogP contribution >= 0.6 is 0 Å². The molecule has 0 aliphatic carbocycles. The molecule has 0 aliphatic rings. The summed E-state index contributed by atoms with van der Waals surface area (Å²) in [6, 6.07) is 8.63. The van der Waals surface area contributed by atoms with E-state index in [4.69, 9.17) is 0 Å². The first-order valence-corrected chi connectivity index (χ1v) is 10.6. The van der Waals surface area contributed by atoms with Crippen molar-refractivity contribution in [3.63, 3.8) is 0 Å². The maximum absolute atomic E-state index is 13.0. The number of aromatic nitrogens is 4. The Balaban J connectivity index is 1.74. The van der Waals surface area contributed by atoms with Crippen LogP contribution < -0.4 is 10.6 Å². The van der Waals surface area contributed by atoms with Gasteiger partial charge in [0, 0.05) is 29.7 Å². The van der Waals surface area contributed by atoms with Crippen molar-refractivity contribution in [2.75, 3.05) is 5.32 Å². The topological polar surface area (TPSA) is 105 Å². The van der Waals surface area contributed by atoms with Crippen LogP contribution in [-0.4, -0.2) is 37.8 Å². The predicted molar refractivity (Wildman–Crippen MR) is 121 cm³/mol. The normalized spacial score (nSPS) is 12.9. The monoisotopic (exact) mass is 422 g/mol. The average molecular weight is 423 g/mol. The van der Waals surface area contributed by atoms with E-state index in [1.165, 1.54) is 0 Å². The highest BCUT2D eigenvalue weighted by Gasteiger charge is 2.27. The van der Waals surface area contributed by atoms with Crippen LogP contribution in [0.5, 0.6) is 0 Å². The van der Waals surface area contributed by atoms with Crippen LogP contribution in [-0.2, 0) is 11.3 Å². The first-order chi connectivity index (χ1) is 14.8. The molecule has 2 aromatic heterocycles. The van der Waals surface area contributed by atoms with Gasteiger partial charge in [0.25, 0.3) is 5.91 Å². The van der Waals surface area contributed by atoms with Gasteiger partial charge in [-0.15, -0.1) is 0 Å². The van der Waals surface area contributed by atoms with Crippen LogP contribution in [0.15, 0.2) is 36.5 Å². The standard InChI is InChI=1S/C23H30N6O2/c1-6-14(3)21(26-22(30)19-12-13-24-29(19)7-2)23(31)25-18-10-8-17(9-11-18)20-15(4)27-28-16(20)5/h8-14,21H,6-7H2,1-5H3,(H,25,31)(H,26,30)(H,27,28)/t14-,21-/m0/s1. The van der Waals surface area contributed by atoms with Crippen molar-refractivity contribution in [1.82, 2.24) is 25.3 Å². The van der Waals surface area contributed by atoms with E-state index in [-0.39, 0.29) is 17.7 Å². The second-order valence-electron chi connectivity index (χ2n) is 7.74. The van der Waals surface area contributed by atoms with Crippen LogP contribution in [0.25, 0.3) is 11.1 Å². The third-order valence-electron chi connectivity index (χ3n) is 5.60. The molecule has 3 rings (SSSR count). The zero-order chi connectivity index (χ0) is 22.5. The van der Waals surface area contributed by atoms with E-state index in [2.05, 4.69) is 25.9 Å². The molecule has 2 heterocycles. The Morgan fingerprint density at radius 3 is 2.42 bits per heavy atom. The molecule has 164 valence electrons. The predicted octanol–water partition coefficient (Wildman–Crippen LogP) is 3.69. The zero-order valence-corrected chi connectivity index (χ0v) is 18.7. The number of anilines is 1. The minimum absolute atomic E-state index is 0.0301. The summed E-state index contributed by atoms with van der Waals surface area (Å²) in [5.41, 5.74) is 5.14. The van der Waals surface area contributed by atoms with Gasteiger partial charge in [0.05, 0.1) is 5.69 Å². The van der Waals surface area contributed by atoms with Gasteiger partial charge in [-0.25, -0.2) is 0 Å². The van der Waals surface area contributed by atoms with E-state index in [1.807, 2.05) is 58.9 Å². The maximum atomic E-state index is 13.0. The number of aromatic amines is 1. The number of carbonyl (C=O) groups excluding carboxylic acids is 2. The third kappa shape index (κ3) is 4.84. The molecule has 0 unspecified atom stereocenters. The molecule has 0 radical (unpaired) electrons. The van der Waals surface area contributed by atoms with E-state index < -0.39 is 6.04 Å². The van der Waals surface area contributed by atoms with Crippen LogP contribution in [0.2, 0.25) is 0 Å². The summed E-state index contributed by atoms with van der Waals surface area (Å²) in [5, 5.41) is 17.2.